The molecule has 0 unspecified atom stereocenters. The predicted molar refractivity (Wildman–Crippen MR) is 121 cm³/mol. The molecule has 30 heavy (non-hydrogen) atoms. The minimum absolute atomic E-state index is 0.109. The van der Waals surface area contributed by atoms with Crippen LogP contribution in [0.25, 0.3) is 0 Å². The number of likely N-dealkylation sites (N-methyl/N-ethyl adjacent to an activating group) is 1. The quantitative estimate of drug-likeness (QED) is 0.724. The second-order valence-corrected chi connectivity index (χ2v) is 9.26. The van der Waals surface area contributed by atoms with Gasteiger partial charge in [0.2, 0.25) is 5.91 Å². The van der Waals surface area contributed by atoms with Crippen LogP contribution in [0.15, 0.2) is 48.5 Å². The maximum absolute atomic E-state index is 13.2. The highest BCUT2D eigenvalue weighted by Gasteiger charge is 2.33. The summed E-state index contributed by atoms with van der Waals surface area (Å²) in [6.45, 7) is 2.73. The molecule has 1 fully saturated rings. The van der Waals surface area contributed by atoms with Crippen LogP contribution in [0.2, 0.25) is 5.02 Å². The molecule has 0 aromatic heterocycles. The first-order valence-electron chi connectivity index (χ1n) is 11.0. The smallest absolute Gasteiger partial charge is 0.223 e. The van der Waals surface area contributed by atoms with E-state index >= 15 is 0 Å². The van der Waals surface area contributed by atoms with Crippen LogP contribution in [0.4, 0.5) is 0 Å². The average molecular weight is 427 g/mol. The first-order valence-corrected chi connectivity index (χ1v) is 11.4. The van der Waals surface area contributed by atoms with E-state index < -0.39 is 6.10 Å². The number of aliphatic hydroxyl groups excluding tert-OH is 1. The molecular formula is C25H31ClN2O2. The zero-order valence-electron chi connectivity index (χ0n) is 17.6. The first kappa shape index (κ1) is 21.4. The van der Waals surface area contributed by atoms with Gasteiger partial charge < -0.3 is 14.9 Å². The van der Waals surface area contributed by atoms with Crippen molar-refractivity contribution in [2.45, 2.75) is 44.2 Å². The molecule has 4 rings (SSSR count). The van der Waals surface area contributed by atoms with Gasteiger partial charge in [-0.2, -0.15) is 0 Å². The van der Waals surface area contributed by atoms with Crippen LogP contribution in [-0.2, 0) is 17.6 Å². The van der Waals surface area contributed by atoms with E-state index in [-0.39, 0.29) is 11.9 Å². The Balaban J connectivity index is 1.47. The van der Waals surface area contributed by atoms with Crippen molar-refractivity contribution in [1.29, 1.82) is 0 Å². The van der Waals surface area contributed by atoms with Crippen LogP contribution in [0.1, 0.15) is 42.1 Å². The number of rotatable bonds is 7. The number of hydrogen-bond donors (Lipinski definition) is 1. The third kappa shape index (κ3) is 4.88. The summed E-state index contributed by atoms with van der Waals surface area (Å²) >= 11 is 6.16. The minimum atomic E-state index is -0.765. The lowest BCUT2D eigenvalue weighted by molar-refractivity contribution is -0.136. The standard InChI is InChI=1S/C25H31ClN2O2/c1-27(24(29)15-18-13-19-7-2-3-8-20(19)14-18)23(17-28-11-4-5-12-28)25(30)21-9-6-10-22(26)16-21/h2-3,6-10,16,18,23,25,30H,4-5,11-15,17H2,1H3/t23-,25-/m1/s1. The van der Waals surface area contributed by atoms with Gasteiger partial charge in [-0.15, -0.1) is 0 Å². The van der Waals surface area contributed by atoms with Crippen molar-refractivity contribution in [2.24, 2.45) is 5.92 Å². The Morgan fingerprint density at radius 3 is 2.43 bits per heavy atom. The number of benzene rings is 2. The van der Waals surface area contributed by atoms with Crippen LogP contribution in [0.5, 0.6) is 0 Å². The molecule has 5 heteroatoms. The number of carbonyl (C=O) groups excluding carboxylic acids is 1. The largest absolute Gasteiger partial charge is 0.386 e. The Kier molecular flexibility index (Phi) is 6.77. The Morgan fingerprint density at radius 1 is 1.13 bits per heavy atom. The van der Waals surface area contributed by atoms with E-state index in [4.69, 9.17) is 11.6 Å². The Morgan fingerprint density at radius 2 is 1.80 bits per heavy atom. The summed E-state index contributed by atoms with van der Waals surface area (Å²) < 4.78 is 0. The summed E-state index contributed by atoms with van der Waals surface area (Å²) in [6, 6.07) is 15.5. The Labute approximate surface area is 184 Å². The topological polar surface area (TPSA) is 43.8 Å². The number of nitrogens with zero attached hydrogens (tertiary/aromatic N) is 2. The fourth-order valence-electron chi connectivity index (χ4n) is 4.95. The van der Waals surface area contributed by atoms with E-state index in [1.807, 2.05) is 19.2 Å². The molecule has 4 nitrogen and oxygen atoms in total. The van der Waals surface area contributed by atoms with E-state index in [1.54, 1.807) is 17.0 Å². The fraction of sp³-hybridized carbons (Fsp3) is 0.480. The molecule has 0 saturated carbocycles. The number of fused-ring (bicyclic) bond motifs is 1. The van der Waals surface area contributed by atoms with Gasteiger partial charge in [-0.25, -0.2) is 0 Å². The normalized spacial score (nSPS) is 18.9. The molecule has 1 aliphatic carbocycles. The third-order valence-electron chi connectivity index (χ3n) is 6.69. The molecule has 0 spiro atoms. The number of halogens is 1. The molecule has 2 atom stereocenters. The maximum Gasteiger partial charge on any atom is 0.223 e. The number of likely N-dealkylation sites (tertiary alicyclic amines) is 1. The van der Waals surface area contributed by atoms with Gasteiger partial charge in [-0.05, 0) is 73.5 Å². The molecule has 1 amide bonds. The zero-order valence-corrected chi connectivity index (χ0v) is 18.4. The van der Waals surface area contributed by atoms with Crippen LogP contribution in [0, 0.1) is 5.92 Å². The summed E-state index contributed by atoms with van der Waals surface area (Å²) in [6.07, 6.45) is 4.03. The van der Waals surface area contributed by atoms with Crippen molar-refractivity contribution in [1.82, 2.24) is 9.80 Å². The lowest BCUT2D eigenvalue weighted by Crippen LogP contribution is -2.48. The van der Waals surface area contributed by atoms with Crippen molar-refractivity contribution >= 4 is 17.5 Å². The molecular weight excluding hydrogens is 396 g/mol. The molecule has 1 saturated heterocycles. The number of hydrogen-bond acceptors (Lipinski definition) is 3. The summed E-state index contributed by atoms with van der Waals surface area (Å²) in [7, 11) is 1.85. The molecule has 2 aromatic carbocycles. The van der Waals surface area contributed by atoms with E-state index in [2.05, 4.69) is 29.2 Å². The number of carbonyl (C=O) groups is 1. The number of aliphatic hydroxyl groups is 1. The molecule has 1 heterocycles. The molecule has 0 bridgehead atoms. The van der Waals surface area contributed by atoms with Gasteiger partial charge in [0, 0.05) is 25.0 Å². The zero-order chi connectivity index (χ0) is 21.1. The summed E-state index contributed by atoms with van der Waals surface area (Å²) in [4.78, 5) is 17.4. The lowest BCUT2D eigenvalue weighted by atomic mass is 9.97. The van der Waals surface area contributed by atoms with E-state index in [9.17, 15) is 9.90 Å². The Bertz CT molecular complexity index is 856. The van der Waals surface area contributed by atoms with Crippen molar-refractivity contribution in [3.63, 3.8) is 0 Å². The fourth-order valence-corrected chi connectivity index (χ4v) is 5.15. The van der Waals surface area contributed by atoms with Gasteiger partial charge in [0.15, 0.2) is 0 Å². The minimum Gasteiger partial charge on any atom is -0.386 e. The highest BCUT2D eigenvalue weighted by Crippen LogP contribution is 2.30. The van der Waals surface area contributed by atoms with Gasteiger partial charge in [-0.3, -0.25) is 4.79 Å². The van der Waals surface area contributed by atoms with Crippen LogP contribution in [-0.4, -0.2) is 53.5 Å². The molecule has 1 aliphatic heterocycles. The van der Waals surface area contributed by atoms with Gasteiger partial charge >= 0.3 is 0 Å². The molecule has 2 aromatic rings. The van der Waals surface area contributed by atoms with Gasteiger partial charge in [-0.1, -0.05) is 48.0 Å². The Hall–Kier alpha value is -1.88. The van der Waals surface area contributed by atoms with Crippen LogP contribution >= 0.6 is 11.6 Å². The van der Waals surface area contributed by atoms with Crippen LogP contribution in [0.3, 0.4) is 0 Å². The van der Waals surface area contributed by atoms with Crippen LogP contribution < -0.4 is 0 Å². The van der Waals surface area contributed by atoms with E-state index in [0.717, 1.165) is 31.5 Å². The highest BCUT2D eigenvalue weighted by atomic mass is 35.5. The first-order chi connectivity index (χ1) is 14.5. The van der Waals surface area contributed by atoms with E-state index in [0.29, 0.717) is 23.9 Å². The number of amides is 1. The van der Waals surface area contributed by atoms with Crippen molar-refractivity contribution in [2.75, 3.05) is 26.7 Å². The monoisotopic (exact) mass is 426 g/mol. The van der Waals surface area contributed by atoms with Crippen molar-refractivity contribution in [3.05, 3.63) is 70.2 Å². The summed E-state index contributed by atoms with van der Waals surface area (Å²) in [5.74, 6) is 0.450. The maximum atomic E-state index is 13.2. The van der Waals surface area contributed by atoms with Crippen molar-refractivity contribution in [3.8, 4) is 0 Å². The predicted octanol–water partition coefficient (Wildman–Crippen LogP) is 4.10. The lowest BCUT2D eigenvalue weighted by Gasteiger charge is -2.35. The molecule has 2 aliphatic rings. The summed E-state index contributed by atoms with van der Waals surface area (Å²) in [5.41, 5.74) is 3.50. The second-order valence-electron chi connectivity index (χ2n) is 8.83. The SMILES string of the molecule is CN(C(=O)CC1Cc2ccccc2C1)[C@H](CN1CCCC1)[C@H](O)c1cccc(Cl)c1. The highest BCUT2D eigenvalue weighted by molar-refractivity contribution is 6.30. The van der Waals surface area contributed by atoms with E-state index in [1.165, 1.54) is 24.0 Å². The van der Waals surface area contributed by atoms with Crippen molar-refractivity contribution < 1.29 is 9.90 Å². The summed E-state index contributed by atoms with van der Waals surface area (Å²) in [5, 5.41) is 11.8. The van der Waals surface area contributed by atoms with Gasteiger partial charge in [0.05, 0.1) is 6.04 Å². The average Bonchev–Trinajstić information content (AvgIpc) is 3.40. The molecule has 160 valence electrons. The third-order valence-corrected chi connectivity index (χ3v) is 6.92. The molecule has 0 radical (unpaired) electrons. The second kappa shape index (κ2) is 9.51. The molecule has 1 N–H and O–H groups in total. The van der Waals surface area contributed by atoms with Gasteiger partial charge in [0.1, 0.15) is 6.10 Å². The van der Waals surface area contributed by atoms with Gasteiger partial charge in [0.25, 0.3) is 0 Å².